The van der Waals surface area contributed by atoms with Crippen LogP contribution in [0.1, 0.15) is 17.3 Å². The number of rotatable bonds is 7. The zero-order chi connectivity index (χ0) is 19.8. The molecule has 138 valence electrons. The average molecular weight is 365 g/mol. The Kier molecular flexibility index (Phi) is 6.55. The maximum absolute atomic E-state index is 12.3. The van der Waals surface area contributed by atoms with Crippen molar-refractivity contribution in [3.63, 3.8) is 0 Å². The second-order valence-electron chi connectivity index (χ2n) is 5.47. The van der Waals surface area contributed by atoms with E-state index in [0.717, 1.165) is 0 Å². The number of nitrogens with one attached hydrogen (secondary N) is 2. The molecule has 0 aliphatic heterocycles. The van der Waals surface area contributed by atoms with Gasteiger partial charge in [0.25, 0.3) is 5.91 Å². The Hall–Kier alpha value is -3.79. The normalized spacial score (nSPS) is 10.5. The molecule has 0 radical (unpaired) electrons. The molecule has 1 amide bonds. The van der Waals surface area contributed by atoms with E-state index >= 15 is 0 Å². The van der Waals surface area contributed by atoms with Gasteiger partial charge in [-0.2, -0.15) is 5.26 Å². The fraction of sp³-hybridized carbons (Fsp3) is 0.150. The summed E-state index contributed by atoms with van der Waals surface area (Å²) >= 11 is 0. The van der Waals surface area contributed by atoms with Crippen molar-refractivity contribution in [1.82, 2.24) is 0 Å². The average Bonchev–Trinajstić information content (AvgIpc) is 2.68. The maximum atomic E-state index is 12.3. The molecule has 0 unspecified atom stereocenters. The highest BCUT2D eigenvalue weighted by Gasteiger charge is 2.11. The van der Waals surface area contributed by atoms with Crippen LogP contribution in [0.5, 0.6) is 11.5 Å². The molecule has 27 heavy (non-hydrogen) atoms. The number of hydrogen-bond acceptors (Lipinski definition) is 6. The molecule has 7 nitrogen and oxygen atoms in total. The zero-order valence-electron chi connectivity index (χ0n) is 15.2. The molecule has 2 rings (SSSR count). The lowest BCUT2D eigenvalue weighted by Gasteiger charge is -2.10. The van der Waals surface area contributed by atoms with Crippen LogP contribution in [0.3, 0.4) is 0 Å². The van der Waals surface area contributed by atoms with E-state index in [2.05, 4.69) is 10.6 Å². The standard InChI is InChI=1S/C20H19N3O4/c1-13(24)14-4-6-16(7-5-14)23-20(25)15(11-21)12-22-18-9-8-17(26-2)10-19(18)27-3/h4-10,12,22H,1-3H3,(H,23,25)/b15-12-. The summed E-state index contributed by atoms with van der Waals surface area (Å²) in [5.74, 6) is 0.480. The number of ether oxygens (including phenoxy) is 2. The molecule has 0 aliphatic rings. The van der Waals surface area contributed by atoms with Crippen LogP contribution in [0, 0.1) is 11.3 Å². The van der Waals surface area contributed by atoms with Crippen molar-refractivity contribution in [3.05, 3.63) is 59.8 Å². The topological polar surface area (TPSA) is 100 Å². The highest BCUT2D eigenvalue weighted by atomic mass is 16.5. The summed E-state index contributed by atoms with van der Waals surface area (Å²) in [4.78, 5) is 23.6. The number of nitrogens with zero attached hydrogens (tertiary/aromatic N) is 1. The molecule has 0 atom stereocenters. The van der Waals surface area contributed by atoms with Crippen LogP contribution in [-0.4, -0.2) is 25.9 Å². The lowest BCUT2D eigenvalue weighted by molar-refractivity contribution is -0.112. The van der Waals surface area contributed by atoms with Gasteiger partial charge in [0.2, 0.25) is 0 Å². The van der Waals surface area contributed by atoms with Crippen molar-refractivity contribution in [2.24, 2.45) is 0 Å². The first kappa shape index (κ1) is 19.5. The number of methoxy groups -OCH3 is 2. The number of carbonyl (C=O) groups excluding carboxylic acids is 2. The summed E-state index contributed by atoms with van der Waals surface area (Å²) < 4.78 is 10.4. The molecule has 0 saturated heterocycles. The Morgan fingerprint density at radius 3 is 2.33 bits per heavy atom. The van der Waals surface area contributed by atoms with Gasteiger partial charge in [0.15, 0.2) is 5.78 Å². The van der Waals surface area contributed by atoms with E-state index in [1.165, 1.54) is 20.2 Å². The minimum absolute atomic E-state index is 0.0666. The summed E-state index contributed by atoms with van der Waals surface area (Å²) in [6.45, 7) is 1.46. The van der Waals surface area contributed by atoms with Gasteiger partial charge in [0.1, 0.15) is 23.1 Å². The molecule has 0 fully saturated rings. The molecule has 0 heterocycles. The van der Waals surface area contributed by atoms with Crippen molar-refractivity contribution < 1.29 is 19.1 Å². The van der Waals surface area contributed by atoms with E-state index < -0.39 is 5.91 Å². The summed E-state index contributed by atoms with van der Waals surface area (Å²) in [7, 11) is 3.05. The van der Waals surface area contributed by atoms with Crippen LogP contribution >= 0.6 is 0 Å². The third-order valence-corrected chi connectivity index (χ3v) is 3.70. The first-order chi connectivity index (χ1) is 13.0. The minimum atomic E-state index is -0.576. The molecule has 7 heteroatoms. The third-order valence-electron chi connectivity index (χ3n) is 3.70. The molecule has 2 N–H and O–H groups in total. The first-order valence-corrected chi connectivity index (χ1v) is 7.99. The monoisotopic (exact) mass is 365 g/mol. The van der Waals surface area contributed by atoms with Crippen molar-refractivity contribution >= 4 is 23.1 Å². The number of nitriles is 1. The predicted molar refractivity (Wildman–Crippen MR) is 102 cm³/mol. The van der Waals surface area contributed by atoms with Crippen molar-refractivity contribution in [2.75, 3.05) is 24.9 Å². The van der Waals surface area contributed by atoms with Crippen LogP contribution in [0.4, 0.5) is 11.4 Å². The van der Waals surface area contributed by atoms with Gasteiger partial charge in [-0.15, -0.1) is 0 Å². The van der Waals surface area contributed by atoms with E-state index in [-0.39, 0.29) is 11.4 Å². The highest BCUT2D eigenvalue weighted by molar-refractivity contribution is 6.07. The van der Waals surface area contributed by atoms with Crippen LogP contribution in [0.25, 0.3) is 0 Å². The lowest BCUT2D eigenvalue weighted by Crippen LogP contribution is -2.14. The summed E-state index contributed by atoms with van der Waals surface area (Å²) in [6, 6.07) is 13.4. The number of benzene rings is 2. The number of carbonyl (C=O) groups is 2. The number of ketones is 1. The quantitative estimate of drug-likeness (QED) is 0.443. The van der Waals surface area contributed by atoms with Gasteiger partial charge >= 0.3 is 0 Å². The first-order valence-electron chi connectivity index (χ1n) is 7.99. The van der Waals surface area contributed by atoms with Gasteiger partial charge in [-0.3, -0.25) is 9.59 Å². The Bertz CT molecular complexity index is 912. The Balaban J connectivity index is 2.12. The molecule has 2 aromatic rings. The zero-order valence-corrected chi connectivity index (χ0v) is 15.2. The fourth-order valence-electron chi connectivity index (χ4n) is 2.20. The van der Waals surface area contributed by atoms with E-state index in [9.17, 15) is 14.9 Å². The SMILES string of the molecule is COc1ccc(N/C=C(/C#N)C(=O)Nc2ccc(C(C)=O)cc2)c(OC)c1. The third kappa shape index (κ3) is 5.09. The smallest absolute Gasteiger partial charge is 0.267 e. The van der Waals surface area contributed by atoms with E-state index in [1.807, 2.05) is 6.07 Å². The van der Waals surface area contributed by atoms with Crippen LogP contribution < -0.4 is 20.1 Å². The van der Waals surface area contributed by atoms with Crippen molar-refractivity contribution in [2.45, 2.75) is 6.92 Å². The lowest BCUT2D eigenvalue weighted by atomic mass is 10.1. The van der Waals surface area contributed by atoms with Gasteiger partial charge in [-0.25, -0.2) is 0 Å². The molecule has 0 aromatic heterocycles. The van der Waals surface area contributed by atoms with Crippen LogP contribution in [-0.2, 0) is 4.79 Å². The molecule has 0 spiro atoms. The number of Topliss-reactive ketones (excluding diaryl/α,β-unsaturated/α-hetero) is 1. The molecule has 0 aliphatic carbocycles. The van der Waals surface area contributed by atoms with E-state index in [1.54, 1.807) is 49.6 Å². The van der Waals surface area contributed by atoms with E-state index in [4.69, 9.17) is 9.47 Å². The molecule has 2 aromatic carbocycles. The van der Waals surface area contributed by atoms with E-state index in [0.29, 0.717) is 28.4 Å². The number of hydrogen-bond donors (Lipinski definition) is 2. The number of amides is 1. The molecule has 0 bridgehead atoms. The fourth-order valence-corrected chi connectivity index (χ4v) is 2.20. The molecule has 0 saturated carbocycles. The van der Waals surface area contributed by atoms with Crippen molar-refractivity contribution in [3.8, 4) is 17.6 Å². The predicted octanol–water partition coefficient (Wildman–Crippen LogP) is 3.36. The van der Waals surface area contributed by atoms with Gasteiger partial charge in [-0.1, -0.05) is 0 Å². The summed E-state index contributed by atoms with van der Waals surface area (Å²) in [6.07, 6.45) is 1.30. The Morgan fingerprint density at radius 1 is 1.07 bits per heavy atom. The van der Waals surface area contributed by atoms with Gasteiger partial charge in [0.05, 0.1) is 19.9 Å². The molecular weight excluding hydrogens is 346 g/mol. The highest BCUT2D eigenvalue weighted by Crippen LogP contribution is 2.29. The summed E-state index contributed by atoms with van der Waals surface area (Å²) in [5, 5.41) is 14.8. The van der Waals surface area contributed by atoms with Crippen LogP contribution in [0.2, 0.25) is 0 Å². The maximum Gasteiger partial charge on any atom is 0.267 e. The number of anilines is 2. The minimum Gasteiger partial charge on any atom is -0.497 e. The second kappa shape index (κ2) is 9.06. The van der Waals surface area contributed by atoms with Gasteiger partial charge in [0, 0.05) is 23.5 Å². The van der Waals surface area contributed by atoms with Gasteiger partial charge < -0.3 is 20.1 Å². The molecular formula is C20H19N3O4. The Morgan fingerprint density at radius 2 is 1.78 bits per heavy atom. The van der Waals surface area contributed by atoms with Gasteiger partial charge in [-0.05, 0) is 43.3 Å². The second-order valence-corrected chi connectivity index (χ2v) is 5.47. The summed E-state index contributed by atoms with van der Waals surface area (Å²) in [5.41, 5.74) is 1.47. The van der Waals surface area contributed by atoms with Crippen LogP contribution in [0.15, 0.2) is 54.2 Å². The van der Waals surface area contributed by atoms with Crippen molar-refractivity contribution in [1.29, 1.82) is 5.26 Å². The largest absolute Gasteiger partial charge is 0.497 e. The Labute approximate surface area is 157 Å².